The molecule has 7 heteroatoms. The summed E-state index contributed by atoms with van der Waals surface area (Å²) in [6.07, 6.45) is 0. The first-order chi connectivity index (χ1) is 9.83. The summed E-state index contributed by atoms with van der Waals surface area (Å²) in [6.45, 7) is 2.56. The molecule has 2 rings (SSSR count). The van der Waals surface area contributed by atoms with Crippen molar-refractivity contribution >= 4 is 29.1 Å². The number of nitrogens with zero attached hydrogens (tertiary/aromatic N) is 1. The van der Waals surface area contributed by atoms with E-state index in [0.29, 0.717) is 29.5 Å². The van der Waals surface area contributed by atoms with Gasteiger partial charge in [-0.05, 0) is 39.2 Å². The largest absolute Gasteiger partial charge is 0.466 e. The molecular weight excluding hydrogens is 294 g/mol. The summed E-state index contributed by atoms with van der Waals surface area (Å²) in [5.74, 6) is -0.564. The molecule has 0 saturated heterocycles. The van der Waals surface area contributed by atoms with Crippen molar-refractivity contribution in [1.82, 2.24) is 10.2 Å². The van der Waals surface area contributed by atoms with Gasteiger partial charge in [-0.2, -0.15) is 0 Å². The van der Waals surface area contributed by atoms with E-state index in [1.54, 1.807) is 18.2 Å². The first-order valence-electron chi connectivity index (χ1n) is 6.56. The number of anilines is 1. The zero-order chi connectivity index (χ0) is 15.6. The molecule has 0 radical (unpaired) electrons. The van der Waals surface area contributed by atoms with Crippen molar-refractivity contribution in [2.24, 2.45) is 0 Å². The fourth-order valence-corrected chi connectivity index (χ4v) is 2.08. The van der Waals surface area contributed by atoms with E-state index in [1.165, 1.54) is 6.92 Å². The van der Waals surface area contributed by atoms with Gasteiger partial charge >= 0.3 is 0 Å². The summed E-state index contributed by atoms with van der Waals surface area (Å²) in [5.41, 5.74) is -1.13. The molecule has 114 valence electrons. The third kappa shape index (κ3) is 3.28. The Hall–Kier alpha value is -1.79. The number of nitrogens with one attached hydrogen (secondary N) is 2. The Morgan fingerprint density at radius 1 is 1.48 bits per heavy atom. The molecule has 1 aromatic carbocycles. The van der Waals surface area contributed by atoms with E-state index in [9.17, 15) is 9.59 Å². The van der Waals surface area contributed by atoms with Crippen LogP contribution in [0.25, 0.3) is 0 Å². The molecule has 0 saturated carbocycles. The molecule has 2 amide bonds. The molecule has 0 fully saturated rings. The molecule has 21 heavy (non-hydrogen) atoms. The fourth-order valence-electron chi connectivity index (χ4n) is 1.91. The smallest absolute Gasteiger partial charge is 0.278 e. The van der Waals surface area contributed by atoms with Crippen LogP contribution in [0.2, 0.25) is 5.02 Å². The Morgan fingerprint density at radius 2 is 2.19 bits per heavy atom. The number of halogens is 1. The number of rotatable bonds is 4. The van der Waals surface area contributed by atoms with Crippen molar-refractivity contribution in [3.8, 4) is 5.75 Å². The normalized spacial score (nSPS) is 20.5. The van der Waals surface area contributed by atoms with Crippen molar-refractivity contribution < 1.29 is 14.3 Å². The second kappa shape index (κ2) is 5.91. The average molecular weight is 312 g/mol. The highest BCUT2D eigenvalue weighted by Gasteiger charge is 2.47. The maximum atomic E-state index is 12.2. The van der Waals surface area contributed by atoms with Gasteiger partial charge in [0.25, 0.3) is 17.4 Å². The van der Waals surface area contributed by atoms with Crippen LogP contribution in [0.15, 0.2) is 18.2 Å². The number of ether oxygens (including phenoxy) is 1. The zero-order valence-corrected chi connectivity index (χ0v) is 13.0. The van der Waals surface area contributed by atoms with Gasteiger partial charge in [-0.15, -0.1) is 0 Å². The van der Waals surface area contributed by atoms with E-state index in [-0.39, 0.29) is 0 Å². The van der Waals surface area contributed by atoms with Gasteiger partial charge in [0, 0.05) is 18.1 Å². The number of amides is 2. The van der Waals surface area contributed by atoms with Crippen LogP contribution in [0.3, 0.4) is 0 Å². The predicted molar refractivity (Wildman–Crippen MR) is 80.7 cm³/mol. The number of likely N-dealkylation sites (N-methyl/N-ethyl adjacent to an activating group) is 1. The lowest BCUT2D eigenvalue weighted by molar-refractivity contribution is -0.146. The summed E-state index contributed by atoms with van der Waals surface area (Å²) in [6, 6.07) is 4.85. The van der Waals surface area contributed by atoms with Gasteiger partial charge in [-0.25, -0.2) is 0 Å². The van der Waals surface area contributed by atoms with Crippen LogP contribution in [0.1, 0.15) is 6.92 Å². The molecule has 0 bridgehead atoms. The maximum absolute atomic E-state index is 12.2. The van der Waals surface area contributed by atoms with E-state index in [0.717, 1.165) is 0 Å². The number of carbonyl (C=O) groups is 2. The van der Waals surface area contributed by atoms with Crippen LogP contribution in [0.4, 0.5) is 5.69 Å². The minimum Gasteiger partial charge on any atom is -0.466 e. The first-order valence-corrected chi connectivity index (χ1v) is 6.94. The molecule has 1 aliphatic heterocycles. The van der Waals surface area contributed by atoms with Gasteiger partial charge in [-0.1, -0.05) is 11.6 Å². The van der Waals surface area contributed by atoms with E-state index in [2.05, 4.69) is 10.6 Å². The number of benzene rings is 1. The Bertz CT molecular complexity index is 577. The lowest BCUT2D eigenvalue weighted by Crippen LogP contribution is -2.59. The van der Waals surface area contributed by atoms with E-state index in [4.69, 9.17) is 16.3 Å². The Labute approximate surface area is 128 Å². The highest BCUT2D eigenvalue weighted by molar-refractivity contribution is 6.31. The molecule has 0 aromatic heterocycles. The van der Waals surface area contributed by atoms with Crippen molar-refractivity contribution in [2.75, 3.05) is 32.5 Å². The van der Waals surface area contributed by atoms with Gasteiger partial charge < -0.3 is 20.3 Å². The van der Waals surface area contributed by atoms with Gasteiger partial charge in [0.05, 0.1) is 5.69 Å². The lowest BCUT2D eigenvalue weighted by Gasteiger charge is -2.33. The molecule has 2 N–H and O–H groups in total. The van der Waals surface area contributed by atoms with Crippen LogP contribution in [-0.4, -0.2) is 49.5 Å². The summed E-state index contributed by atoms with van der Waals surface area (Å²) in [4.78, 5) is 26.4. The van der Waals surface area contributed by atoms with Gasteiger partial charge in [0.2, 0.25) is 0 Å². The van der Waals surface area contributed by atoms with Crippen molar-refractivity contribution in [1.29, 1.82) is 0 Å². The molecular formula is C14H18ClN3O3. The van der Waals surface area contributed by atoms with Crippen LogP contribution in [0.5, 0.6) is 5.75 Å². The number of fused-ring (bicyclic) bond motifs is 1. The van der Waals surface area contributed by atoms with E-state index in [1.807, 2.05) is 19.0 Å². The zero-order valence-electron chi connectivity index (χ0n) is 12.2. The number of hydrogen-bond donors (Lipinski definition) is 2. The third-order valence-corrected chi connectivity index (χ3v) is 3.45. The van der Waals surface area contributed by atoms with Crippen molar-refractivity contribution in [3.63, 3.8) is 0 Å². The van der Waals surface area contributed by atoms with Crippen LogP contribution in [-0.2, 0) is 9.59 Å². The van der Waals surface area contributed by atoms with Crippen LogP contribution in [0, 0.1) is 0 Å². The summed E-state index contributed by atoms with van der Waals surface area (Å²) in [5, 5.41) is 5.84. The van der Waals surface area contributed by atoms with E-state index >= 15 is 0 Å². The van der Waals surface area contributed by atoms with Gasteiger partial charge in [-0.3, -0.25) is 9.59 Å². The van der Waals surface area contributed by atoms with Crippen LogP contribution >= 0.6 is 11.6 Å². The standard InChI is InChI=1S/C14H18ClN3O3/c1-14(12(19)16-6-7-18(2)3)13(20)17-10-8-9(15)4-5-11(10)21-14/h4-5,8H,6-7H2,1-3H3,(H,16,19)(H,17,20). The second-order valence-electron chi connectivity index (χ2n) is 5.29. The molecule has 1 atom stereocenters. The predicted octanol–water partition coefficient (Wildman–Crippen LogP) is 1.11. The Morgan fingerprint density at radius 3 is 2.86 bits per heavy atom. The third-order valence-electron chi connectivity index (χ3n) is 3.22. The molecule has 1 unspecified atom stereocenters. The number of hydrogen-bond acceptors (Lipinski definition) is 4. The molecule has 1 aromatic rings. The van der Waals surface area contributed by atoms with Gasteiger partial charge in [0.15, 0.2) is 0 Å². The van der Waals surface area contributed by atoms with E-state index < -0.39 is 17.4 Å². The lowest BCUT2D eigenvalue weighted by atomic mass is 10.0. The topological polar surface area (TPSA) is 70.7 Å². The molecule has 0 spiro atoms. The quantitative estimate of drug-likeness (QED) is 0.817. The highest BCUT2D eigenvalue weighted by atomic mass is 35.5. The monoisotopic (exact) mass is 311 g/mol. The average Bonchev–Trinajstić information content (AvgIpc) is 2.40. The second-order valence-corrected chi connectivity index (χ2v) is 5.73. The van der Waals surface area contributed by atoms with Crippen molar-refractivity contribution in [3.05, 3.63) is 23.2 Å². The highest BCUT2D eigenvalue weighted by Crippen LogP contribution is 2.35. The minimum atomic E-state index is -1.59. The minimum absolute atomic E-state index is 0.421. The van der Waals surface area contributed by atoms with Crippen LogP contribution < -0.4 is 15.4 Å². The first kappa shape index (κ1) is 15.6. The molecule has 6 nitrogen and oxygen atoms in total. The maximum Gasteiger partial charge on any atom is 0.278 e. The Kier molecular flexibility index (Phi) is 4.39. The number of carbonyl (C=O) groups excluding carboxylic acids is 2. The van der Waals surface area contributed by atoms with Gasteiger partial charge in [0.1, 0.15) is 5.75 Å². The molecule has 1 heterocycles. The molecule has 1 aliphatic rings. The van der Waals surface area contributed by atoms with Crippen molar-refractivity contribution in [2.45, 2.75) is 12.5 Å². The summed E-state index contributed by atoms with van der Waals surface area (Å²) < 4.78 is 5.61. The summed E-state index contributed by atoms with van der Waals surface area (Å²) in [7, 11) is 3.80. The molecule has 0 aliphatic carbocycles. The summed E-state index contributed by atoms with van der Waals surface area (Å²) >= 11 is 5.87. The fraction of sp³-hybridized carbons (Fsp3) is 0.429. The Balaban J connectivity index is 2.13. The SMILES string of the molecule is CN(C)CCNC(=O)C1(C)Oc2ccc(Cl)cc2NC1=O.